The number of nitrogens with one attached hydrogen (secondary N) is 2. The number of para-hydroxylation sites is 2. The summed E-state index contributed by atoms with van der Waals surface area (Å²) in [7, 11) is 0. The van der Waals surface area contributed by atoms with Crippen LogP contribution in [0.4, 0.5) is 25.8 Å². The number of benzene rings is 4. The number of amides is 4. The van der Waals surface area contributed by atoms with Gasteiger partial charge < -0.3 is 40.1 Å². The summed E-state index contributed by atoms with van der Waals surface area (Å²) in [6.07, 6.45) is 11.2. The summed E-state index contributed by atoms with van der Waals surface area (Å²) < 4.78 is 11.5. The SMILES string of the molecule is O=C(O)[C@@H]1CCN1.O=C(O)[C@@H]1CCN1C(=O)N(C1CC1)C1c2ccccc2N(C(=O)OCc2ccccc2)C2CCCC21.O=C(OCc1ccccc1)N1c2ccccc2C(NC2CC2)C2CCCC21. The fraction of sp³-hybridized carbons (Fsp3) is 0.473. The first-order chi connectivity index (χ1) is 34.2. The minimum Gasteiger partial charge on any atom is -0.480 e. The smallest absolute Gasteiger partial charge is 0.414 e. The molecule has 4 aromatic carbocycles. The van der Waals surface area contributed by atoms with Crippen LogP contribution in [0, 0.1) is 11.8 Å². The van der Waals surface area contributed by atoms with Crippen LogP contribution >= 0.6 is 0 Å². The van der Waals surface area contributed by atoms with Crippen molar-refractivity contribution in [3.8, 4) is 0 Å². The van der Waals surface area contributed by atoms with Crippen molar-refractivity contribution in [1.29, 1.82) is 0 Å². The summed E-state index contributed by atoms with van der Waals surface area (Å²) in [5.41, 5.74) is 5.98. The van der Waals surface area contributed by atoms with Gasteiger partial charge in [0.15, 0.2) is 0 Å². The van der Waals surface area contributed by atoms with Crippen LogP contribution in [0.1, 0.15) is 111 Å². The molecule has 0 bridgehead atoms. The molecule has 0 spiro atoms. The van der Waals surface area contributed by atoms with E-state index in [1.165, 1.54) is 36.1 Å². The lowest BCUT2D eigenvalue weighted by molar-refractivity contribution is -0.146. The van der Waals surface area contributed by atoms with Crippen LogP contribution < -0.4 is 20.4 Å². The van der Waals surface area contributed by atoms with E-state index in [0.29, 0.717) is 37.6 Å². The predicted molar refractivity (Wildman–Crippen MR) is 262 cm³/mol. The summed E-state index contributed by atoms with van der Waals surface area (Å²) in [6, 6.07) is 35.7. The van der Waals surface area contributed by atoms with Gasteiger partial charge in [0.1, 0.15) is 25.3 Å². The first-order valence-electron chi connectivity index (χ1n) is 25.4. The van der Waals surface area contributed by atoms with Crippen molar-refractivity contribution in [3.63, 3.8) is 0 Å². The standard InChI is InChI=1S/C28H31N3O5.C23H26N2O2.C4H7NO2/c32-26(33)24-15-16-29(24)27(34)30(19-13-14-19)25-20-9-4-5-11-22(20)31(23-12-6-10-21(23)25)28(35)36-17-18-7-2-1-3-8-18;26-23(27-15-16-7-2-1-3-8-16)25-20-11-5-4-9-18(20)22(24-17-13-14-17)19-10-6-12-21(19)25;6-4(7)3-1-2-5-3/h1-5,7-9,11,19,21,23-25H,6,10,12-17H2,(H,32,33);1-5,7-9,11,17,19,21-22,24H,6,10,12-15H2;3,5H,1-2H2,(H,6,7)/t21?,23?,24-,25?;;3-/m0.0/s1. The van der Waals surface area contributed by atoms with Gasteiger partial charge >= 0.3 is 30.2 Å². The zero-order chi connectivity index (χ0) is 48.3. The Morgan fingerprint density at radius 2 is 1.13 bits per heavy atom. The number of hydrogen-bond acceptors (Lipinski definition) is 9. The van der Waals surface area contributed by atoms with Crippen LogP contribution in [0.15, 0.2) is 109 Å². The molecule has 15 nitrogen and oxygen atoms in total. The van der Waals surface area contributed by atoms with E-state index in [4.69, 9.17) is 14.6 Å². The topological polar surface area (TPSA) is 181 Å². The molecule has 4 saturated carbocycles. The van der Waals surface area contributed by atoms with E-state index < -0.39 is 18.0 Å². The highest BCUT2D eigenvalue weighted by Crippen LogP contribution is 2.53. The first kappa shape index (κ1) is 47.2. The van der Waals surface area contributed by atoms with E-state index in [9.17, 15) is 29.1 Å². The lowest BCUT2D eigenvalue weighted by Gasteiger charge is -2.49. The number of fused-ring (bicyclic) bond motifs is 4. The molecule has 368 valence electrons. The zero-order valence-corrected chi connectivity index (χ0v) is 39.5. The normalized spacial score (nSPS) is 26.7. The Labute approximate surface area is 409 Å². The molecule has 0 aromatic heterocycles. The van der Waals surface area contributed by atoms with Crippen molar-refractivity contribution >= 4 is 41.5 Å². The van der Waals surface area contributed by atoms with Gasteiger partial charge in [-0.25, -0.2) is 19.2 Å². The summed E-state index contributed by atoms with van der Waals surface area (Å²) in [4.78, 5) is 69.2. The molecule has 4 N–H and O–H groups in total. The molecular weight excluding hydrogens is 889 g/mol. The van der Waals surface area contributed by atoms with Gasteiger partial charge in [-0.1, -0.05) is 110 Å². The number of carbonyl (C=O) groups excluding carboxylic acids is 3. The van der Waals surface area contributed by atoms with E-state index in [1.54, 1.807) is 0 Å². The van der Waals surface area contributed by atoms with Gasteiger partial charge in [0.05, 0.1) is 17.4 Å². The third kappa shape index (κ3) is 9.96. The molecule has 6 fully saturated rings. The third-order valence-corrected chi connectivity index (χ3v) is 15.5. The van der Waals surface area contributed by atoms with Crippen LogP contribution in [0.5, 0.6) is 0 Å². The number of carbonyl (C=O) groups is 5. The first-order valence-corrected chi connectivity index (χ1v) is 25.4. The highest BCUT2D eigenvalue weighted by molar-refractivity contribution is 5.92. The van der Waals surface area contributed by atoms with Crippen LogP contribution in [-0.2, 0) is 32.3 Å². The Kier molecular flexibility index (Phi) is 14.1. The molecule has 15 heteroatoms. The van der Waals surface area contributed by atoms with Gasteiger partial charge in [0.2, 0.25) is 0 Å². The quantitative estimate of drug-likeness (QED) is 0.119. The van der Waals surface area contributed by atoms with Crippen molar-refractivity contribution in [3.05, 3.63) is 131 Å². The molecule has 2 saturated heterocycles. The molecule has 6 unspecified atom stereocenters. The number of anilines is 2. The van der Waals surface area contributed by atoms with Gasteiger partial charge in [0, 0.05) is 42.7 Å². The molecule has 4 aliphatic carbocycles. The second-order valence-electron chi connectivity index (χ2n) is 20.0. The minimum atomic E-state index is -0.944. The van der Waals surface area contributed by atoms with Gasteiger partial charge in [-0.05, 0) is 111 Å². The van der Waals surface area contributed by atoms with Crippen LogP contribution in [0.2, 0.25) is 0 Å². The Morgan fingerprint density at radius 3 is 1.61 bits per heavy atom. The Hall–Kier alpha value is -6.45. The molecule has 8 aliphatic rings. The fourth-order valence-corrected chi connectivity index (χ4v) is 11.6. The molecule has 0 radical (unpaired) electrons. The highest BCUT2D eigenvalue weighted by atomic mass is 16.6. The number of urea groups is 1. The van der Waals surface area contributed by atoms with E-state index in [1.807, 2.05) is 106 Å². The van der Waals surface area contributed by atoms with Crippen LogP contribution in [-0.4, -0.2) is 99.5 Å². The van der Waals surface area contributed by atoms with E-state index >= 15 is 0 Å². The molecule has 4 aromatic rings. The highest BCUT2D eigenvalue weighted by Gasteiger charge is 2.54. The summed E-state index contributed by atoms with van der Waals surface area (Å²) >= 11 is 0. The Bertz CT molecular complexity index is 2520. The minimum absolute atomic E-state index is 0.0612. The number of nitrogens with zero attached hydrogens (tertiary/aromatic N) is 4. The van der Waals surface area contributed by atoms with Crippen molar-refractivity contribution in [1.82, 2.24) is 20.4 Å². The Morgan fingerprint density at radius 1 is 0.600 bits per heavy atom. The summed E-state index contributed by atoms with van der Waals surface area (Å²) in [5.74, 6) is -1.12. The van der Waals surface area contributed by atoms with Crippen molar-refractivity contribution in [2.24, 2.45) is 11.8 Å². The maximum absolute atomic E-state index is 13.8. The summed E-state index contributed by atoms with van der Waals surface area (Å²) in [5, 5.41) is 24.3. The van der Waals surface area contributed by atoms with Crippen molar-refractivity contribution in [2.75, 3.05) is 22.9 Å². The largest absolute Gasteiger partial charge is 0.480 e. The molecule has 4 heterocycles. The van der Waals surface area contributed by atoms with Gasteiger partial charge in [-0.2, -0.15) is 0 Å². The number of hydrogen-bond donors (Lipinski definition) is 4. The van der Waals surface area contributed by atoms with Crippen LogP contribution in [0.3, 0.4) is 0 Å². The molecule has 70 heavy (non-hydrogen) atoms. The molecule has 8 atom stereocenters. The molecular formula is C55H64N6O9. The zero-order valence-electron chi connectivity index (χ0n) is 39.5. The Balaban J connectivity index is 0.000000146. The van der Waals surface area contributed by atoms with Gasteiger partial charge in [-0.3, -0.25) is 14.6 Å². The van der Waals surface area contributed by atoms with Crippen molar-refractivity contribution in [2.45, 2.75) is 139 Å². The second kappa shape index (κ2) is 20.9. The summed E-state index contributed by atoms with van der Waals surface area (Å²) in [6.45, 7) is 1.85. The number of likely N-dealkylation sites (tertiary alicyclic amines) is 1. The lowest BCUT2D eigenvalue weighted by Crippen LogP contribution is -2.61. The van der Waals surface area contributed by atoms with E-state index in [2.05, 4.69) is 28.8 Å². The average Bonchev–Trinajstić information content (AvgIpc) is 4.25. The maximum atomic E-state index is 13.8. The number of carboxylic acid groups (broad SMARTS) is 2. The molecule has 12 rings (SSSR count). The monoisotopic (exact) mass is 952 g/mol. The van der Waals surface area contributed by atoms with Crippen molar-refractivity contribution < 1.29 is 43.7 Å². The second-order valence-corrected chi connectivity index (χ2v) is 20.0. The number of aliphatic carboxylic acids is 2. The molecule has 4 amide bonds. The van der Waals surface area contributed by atoms with Gasteiger partial charge in [0.25, 0.3) is 0 Å². The molecule has 4 aliphatic heterocycles. The predicted octanol–water partition coefficient (Wildman–Crippen LogP) is 9.03. The third-order valence-electron chi connectivity index (χ3n) is 15.5. The van der Waals surface area contributed by atoms with E-state index in [0.717, 1.165) is 79.6 Å². The average molecular weight is 953 g/mol. The lowest BCUT2D eigenvalue weighted by atomic mass is 9.81. The van der Waals surface area contributed by atoms with Crippen LogP contribution in [0.25, 0.3) is 0 Å². The number of carboxylic acids is 2. The maximum Gasteiger partial charge on any atom is 0.414 e. The van der Waals surface area contributed by atoms with E-state index in [-0.39, 0.29) is 61.0 Å². The van der Waals surface area contributed by atoms with Gasteiger partial charge in [-0.15, -0.1) is 0 Å². The number of rotatable bonds is 10. The number of ether oxygens (including phenoxy) is 2. The fourth-order valence-electron chi connectivity index (χ4n) is 11.6.